The van der Waals surface area contributed by atoms with Crippen LogP contribution in [0.3, 0.4) is 0 Å². The number of aryl methyl sites for hydroxylation is 1. The smallest absolute Gasteiger partial charge is 0.0883 e. The number of allylic oxidation sites excluding steroid dienone is 1. The van der Waals surface area contributed by atoms with E-state index in [1.54, 1.807) is 0 Å². The lowest BCUT2D eigenvalue weighted by molar-refractivity contribution is 0.545. The van der Waals surface area contributed by atoms with E-state index in [1.807, 2.05) is 44.2 Å². The molecule has 1 aromatic carbocycles. The van der Waals surface area contributed by atoms with Crippen molar-refractivity contribution < 1.29 is 4.21 Å². The summed E-state index contributed by atoms with van der Waals surface area (Å²) < 4.78 is 12.2. The van der Waals surface area contributed by atoms with Crippen LogP contribution in [0.2, 0.25) is 0 Å². The van der Waals surface area contributed by atoms with Crippen LogP contribution in [0.5, 0.6) is 0 Å². The zero-order valence-electron chi connectivity index (χ0n) is 11.2. The maximum Gasteiger partial charge on any atom is 0.0883 e. The van der Waals surface area contributed by atoms with Crippen LogP contribution in [0, 0.1) is 12.3 Å². The van der Waals surface area contributed by atoms with Gasteiger partial charge in [-0.3, -0.25) is 0 Å². The molecule has 0 radical (unpaired) electrons. The lowest BCUT2D eigenvalue weighted by Crippen LogP contribution is -1.98. The minimum absolute atomic E-state index is 0.0682. The molecule has 0 aliphatic heterocycles. The highest BCUT2D eigenvalue weighted by molar-refractivity contribution is 7.89. The van der Waals surface area contributed by atoms with E-state index in [0.717, 1.165) is 9.80 Å². The van der Waals surface area contributed by atoms with Crippen molar-refractivity contribution in [3.8, 4) is 0 Å². The van der Waals surface area contributed by atoms with Crippen LogP contribution in [0.25, 0.3) is 0 Å². The van der Waals surface area contributed by atoms with Gasteiger partial charge in [0, 0.05) is 4.90 Å². The van der Waals surface area contributed by atoms with Gasteiger partial charge < -0.3 is 0 Å². The molecule has 0 aromatic heterocycles. The fourth-order valence-corrected chi connectivity index (χ4v) is 2.11. The Kier molecular flexibility index (Phi) is 4.50. The molecule has 0 aliphatic rings. The maximum atomic E-state index is 12.2. The Bertz CT molecular complexity index is 469. The van der Waals surface area contributed by atoms with Crippen molar-refractivity contribution in [3.63, 3.8) is 0 Å². The van der Waals surface area contributed by atoms with E-state index >= 15 is 0 Å². The molecule has 0 heterocycles. The van der Waals surface area contributed by atoms with Gasteiger partial charge in [0.2, 0.25) is 0 Å². The molecule has 1 aromatic rings. The first kappa shape index (κ1) is 14.0. The van der Waals surface area contributed by atoms with Gasteiger partial charge in [0.15, 0.2) is 0 Å². The molecule has 0 unspecified atom stereocenters. The first-order valence-corrected chi connectivity index (χ1v) is 6.87. The van der Waals surface area contributed by atoms with E-state index in [9.17, 15) is 4.21 Å². The van der Waals surface area contributed by atoms with E-state index in [4.69, 9.17) is 0 Å². The normalized spacial score (nSPS) is 12.8. The third-order valence-corrected chi connectivity index (χ3v) is 3.60. The van der Waals surface area contributed by atoms with Crippen LogP contribution >= 0.6 is 0 Å². The van der Waals surface area contributed by atoms with Gasteiger partial charge >= 0.3 is 0 Å². The molecule has 2 heteroatoms. The monoisotopic (exact) mass is 248 g/mol. The Balaban J connectivity index is 2.98. The predicted octanol–water partition coefficient (Wildman–Crippen LogP) is 4.21. The Morgan fingerprint density at radius 1 is 1.24 bits per heavy atom. The summed E-state index contributed by atoms with van der Waals surface area (Å²) in [5, 5.41) is 0. The van der Waals surface area contributed by atoms with Gasteiger partial charge in [-0.05, 0) is 37.5 Å². The van der Waals surface area contributed by atoms with Crippen molar-refractivity contribution in [2.75, 3.05) is 0 Å². The van der Waals surface area contributed by atoms with Crippen molar-refractivity contribution >= 4 is 10.8 Å². The van der Waals surface area contributed by atoms with Crippen LogP contribution in [-0.4, -0.2) is 4.21 Å². The van der Waals surface area contributed by atoms with Crippen molar-refractivity contribution in [3.05, 3.63) is 46.5 Å². The minimum atomic E-state index is -1.10. The van der Waals surface area contributed by atoms with Gasteiger partial charge in [-0.1, -0.05) is 38.5 Å². The molecule has 0 amide bonds. The van der Waals surface area contributed by atoms with Crippen molar-refractivity contribution in [2.24, 2.45) is 5.41 Å². The molecule has 0 spiro atoms. The van der Waals surface area contributed by atoms with E-state index in [-0.39, 0.29) is 5.41 Å². The molecular weight excluding hydrogens is 228 g/mol. The first-order valence-electron chi connectivity index (χ1n) is 5.72. The average molecular weight is 248 g/mol. The Hall–Kier alpha value is -1.11. The van der Waals surface area contributed by atoms with Gasteiger partial charge in [0.25, 0.3) is 0 Å². The van der Waals surface area contributed by atoms with Gasteiger partial charge in [0.05, 0.1) is 15.7 Å². The van der Waals surface area contributed by atoms with Gasteiger partial charge in [0.1, 0.15) is 0 Å². The molecule has 1 nitrogen and oxygen atoms in total. The molecule has 17 heavy (non-hydrogen) atoms. The largest absolute Gasteiger partial charge is 0.249 e. The summed E-state index contributed by atoms with van der Waals surface area (Å²) in [4.78, 5) is 1.60. The standard InChI is InChI=1S/C15H20OS/c1-12-6-8-14(9-7-12)17(16)13(2)10-11-15(3,4)5/h6-9,11H,1-5H3/t10?,17-/m0/s1. The van der Waals surface area contributed by atoms with E-state index in [2.05, 4.69) is 26.5 Å². The number of rotatable bonds is 2. The van der Waals surface area contributed by atoms with Crippen molar-refractivity contribution in [1.29, 1.82) is 0 Å². The predicted molar refractivity (Wildman–Crippen MR) is 74.3 cm³/mol. The molecule has 0 aliphatic carbocycles. The van der Waals surface area contributed by atoms with E-state index in [0.29, 0.717) is 0 Å². The number of hydrogen-bond donors (Lipinski definition) is 0. The molecule has 0 fully saturated rings. The lowest BCUT2D eigenvalue weighted by atomic mass is 9.97. The topological polar surface area (TPSA) is 17.1 Å². The van der Waals surface area contributed by atoms with Gasteiger partial charge in [-0.15, -0.1) is 5.73 Å². The van der Waals surface area contributed by atoms with Crippen LogP contribution in [0.4, 0.5) is 0 Å². The van der Waals surface area contributed by atoms with Crippen LogP contribution < -0.4 is 0 Å². The van der Waals surface area contributed by atoms with Gasteiger partial charge in [-0.25, -0.2) is 4.21 Å². The zero-order valence-corrected chi connectivity index (χ0v) is 12.0. The Morgan fingerprint density at radius 3 is 2.24 bits per heavy atom. The minimum Gasteiger partial charge on any atom is -0.249 e. The second-order valence-corrected chi connectivity index (χ2v) is 6.91. The average Bonchev–Trinajstić information content (AvgIpc) is 2.25. The van der Waals surface area contributed by atoms with Crippen LogP contribution in [0.15, 0.2) is 45.9 Å². The summed E-state index contributed by atoms with van der Waals surface area (Å²) >= 11 is 0. The molecule has 0 N–H and O–H groups in total. The quantitative estimate of drug-likeness (QED) is 0.717. The highest BCUT2D eigenvalue weighted by atomic mass is 32.2. The summed E-state index contributed by atoms with van der Waals surface area (Å²) in [6.07, 6.45) is 1.97. The number of hydrogen-bond acceptors (Lipinski definition) is 1. The summed E-state index contributed by atoms with van der Waals surface area (Å²) in [5.74, 6) is 0. The van der Waals surface area contributed by atoms with Crippen LogP contribution in [0.1, 0.15) is 33.3 Å². The number of benzene rings is 1. The second-order valence-electron chi connectivity index (χ2n) is 5.29. The molecule has 0 bridgehead atoms. The summed E-state index contributed by atoms with van der Waals surface area (Å²) in [6.45, 7) is 10.2. The fraction of sp³-hybridized carbons (Fsp3) is 0.400. The highest BCUT2D eigenvalue weighted by Gasteiger charge is 2.07. The third-order valence-electron chi connectivity index (χ3n) is 2.22. The molecule has 92 valence electrons. The van der Waals surface area contributed by atoms with Crippen molar-refractivity contribution in [2.45, 2.75) is 39.5 Å². The molecular formula is C15H20OS. The highest BCUT2D eigenvalue weighted by Crippen LogP contribution is 2.17. The van der Waals surface area contributed by atoms with E-state index < -0.39 is 10.8 Å². The first-order chi connectivity index (χ1) is 7.79. The second kappa shape index (κ2) is 5.48. The zero-order chi connectivity index (χ0) is 13.1. The Labute approximate surface area is 107 Å². The molecule has 1 atom stereocenters. The fourth-order valence-electron chi connectivity index (χ4n) is 1.21. The summed E-state index contributed by atoms with van der Waals surface area (Å²) in [6, 6.07) is 7.78. The van der Waals surface area contributed by atoms with Gasteiger partial charge in [-0.2, -0.15) is 0 Å². The van der Waals surface area contributed by atoms with E-state index in [1.165, 1.54) is 5.56 Å². The molecule has 0 saturated heterocycles. The lowest BCUT2D eigenvalue weighted by Gasteiger charge is -2.09. The summed E-state index contributed by atoms with van der Waals surface area (Å²) in [7, 11) is -1.10. The van der Waals surface area contributed by atoms with Crippen molar-refractivity contribution in [1.82, 2.24) is 0 Å². The van der Waals surface area contributed by atoms with Crippen LogP contribution in [-0.2, 0) is 10.8 Å². The SMILES string of the molecule is CC(=C=CC(C)(C)C)[S@](=O)c1ccc(C)cc1. The molecule has 0 saturated carbocycles. The molecule has 1 rings (SSSR count). The summed E-state index contributed by atoms with van der Waals surface area (Å²) in [5.41, 5.74) is 4.37. The Morgan fingerprint density at radius 2 is 1.76 bits per heavy atom. The third kappa shape index (κ3) is 4.72. The maximum absolute atomic E-state index is 12.2.